The third kappa shape index (κ3) is 4.49. The average molecular weight is 287 g/mol. The molecule has 1 aromatic rings. The number of aryl methyl sites for hydroxylation is 1. The van der Waals surface area contributed by atoms with Crippen molar-refractivity contribution in [3.63, 3.8) is 0 Å². The quantitative estimate of drug-likeness (QED) is 0.795. The van der Waals surface area contributed by atoms with Crippen LogP contribution in [0, 0.1) is 6.92 Å². The largest absolute Gasteiger partial charge is 0.494 e. The summed E-state index contributed by atoms with van der Waals surface area (Å²) in [5.41, 5.74) is 0.777. The van der Waals surface area contributed by atoms with Gasteiger partial charge in [0.1, 0.15) is 5.75 Å². The van der Waals surface area contributed by atoms with Crippen LogP contribution in [0.1, 0.15) is 25.8 Å². The van der Waals surface area contributed by atoms with E-state index in [1.807, 2.05) is 6.92 Å². The second-order valence-electron chi connectivity index (χ2n) is 4.39. The van der Waals surface area contributed by atoms with E-state index < -0.39 is 10.0 Å². The third-order valence-corrected chi connectivity index (χ3v) is 4.26. The molecule has 19 heavy (non-hydrogen) atoms. The minimum absolute atomic E-state index is 0.0496. The van der Waals surface area contributed by atoms with E-state index in [4.69, 9.17) is 9.84 Å². The van der Waals surface area contributed by atoms with E-state index in [2.05, 4.69) is 4.72 Å². The molecule has 2 N–H and O–H groups in total. The molecule has 0 saturated heterocycles. The molecular weight excluding hydrogens is 266 g/mol. The molecule has 0 aliphatic carbocycles. The smallest absolute Gasteiger partial charge is 0.240 e. The molecule has 0 bridgehead atoms. The van der Waals surface area contributed by atoms with E-state index in [1.165, 1.54) is 6.07 Å². The Bertz CT molecular complexity index is 513. The highest BCUT2D eigenvalue weighted by molar-refractivity contribution is 7.89. The Morgan fingerprint density at radius 1 is 1.42 bits per heavy atom. The number of aliphatic hydroxyl groups excluding tert-OH is 1. The summed E-state index contributed by atoms with van der Waals surface area (Å²) in [6.45, 7) is 5.89. The van der Waals surface area contributed by atoms with Gasteiger partial charge in [-0.05, 0) is 51.0 Å². The van der Waals surface area contributed by atoms with Crippen molar-refractivity contribution in [1.29, 1.82) is 0 Å². The van der Waals surface area contributed by atoms with Crippen molar-refractivity contribution >= 4 is 10.0 Å². The minimum Gasteiger partial charge on any atom is -0.494 e. The van der Waals surface area contributed by atoms with Crippen LogP contribution in [0.15, 0.2) is 23.1 Å². The molecule has 5 nitrogen and oxygen atoms in total. The van der Waals surface area contributed by atoms with Crippen molar-refractivity contribution in [2.75, 3.05) is 13.2 Å². The molecule has 1 atom stereocenters. The first-order valence-electron chi connectivity index (χ1n) is 6.27. The van der Waals surface area contributed by atoms with Crippen LogP contribution in [0.4, 0.5) is 0 Å². The number of sulfonamides is 1. The summed E-state index contributed by atoms with van der Waals surface area (Å²) in [4.78, 5) is 0.207. The molecule has 1 aromatic carbocycles. The third-order valence-electron chi connectivity index (χ3n) is 2.67. The molecule has 1 unspecified atom stereocenters. The summed E-state index contributed by atoms with van der Waals surface area (Å²) in [6.07, 6.45) is 0.384. The Labute approximate surface area is 114 Å². The van der Waals surface area contributed by atoms with Gasteiger partial charge in [0.15, 0.2) is 0 Å². The number of aliphatic hydroxyl groups is 1. The molecule has 0 saturated carbocycles. The lowest BCUT2D eigenvalue weighted by molar-refractivity contribution is 0.275. The van der Waals surface area contributed by atoms with Crippen molar-refractivity contribution < 1.29 is 18.3 Å². The van der Waals surface area contributed by atoms with E-state index in [1.54, 1.807) is 26.0 Å². The highest BCUT2D eigenvalue weighted by Gasteiger charge is 2.18. The zero-order valence-electron chi connectivity index (χ0n) is 11.5. The predicted octanol–water partition coefficient (Wildman–Crippen LogP) is 1.44. The van der Waals surface area contributed by atoms with Crippen LogP contribution >= 0.6 is 0 Å². The van der Waals surface area contributed by atoms with Gasteiger partial charge in [-0.25, -0.2) is 13.1 Å². The molecular formula is C13H21NO4S. The summed E-state index contributed by atoms with van der Waals surface area (Å²) in [5, 5.41) is 8.79. The second-order valence-corrected chi connectivity index (χ2v) is 6.11. The van der Waals surface area contributed by atoms with E-state index in [-0.39, 0.29) is 17.5 Å². The fraction of sp³-hybridized carbons (Fsp3) is 0.538. The first-order valence-corrected chi connectivity index (χ1v) is 7.75. The van der Waals surface area contributed by atoms with Crippen LogP contribution in [-0.2, 0) is 10.0 Å². The number of rotatable bonds is 7. The SMILES string of the molecule is CCOc1ccc(S(=O)(=O)NC(C)CCO)cc1C. The Morgan fingerprint density at radius 2 is 2.11 bits per heavy atom. The fourth-order valence-corrected chi connectivity index (χ4v) is 3.05. The second kappa shape index (κ2) is 6.88. The van der Waals surface area contributed by atoms with E-state index in [9.17, 15) is 8.42 Å². The molecule has 108 valence electrons. The van der Waals surface area contributed by atoms with Gasteiger partial charge in [0.25, 0.3) is 0 Å². The number of hydrogen-bond acceptors (Lipinski definition) is 4. The van der Waals surface area contributed by atoms with Gasteiger partial charge >= 0.3 is 0 Å². The summed E-state index contributed by atoms with van der Waals surface area (Å²) in [7, 11) is -3.55. The molecule has 0 fully saturated rings. The standard InChI is InChI=1S/C13H21NO4S/c1-4-18-13-6-5-12(9-10(13)2)19(16,17)14-11(3)7-8-15/h5-6,9,11,14-15H,4,7-8H2,1-3H3. The lowest BCUT2D eigenvalue weighted by Crippen LogP contribution is -2.33. The van der Waals surface area contributed by atoms with Gasteiger partial charge in [-0.3, -0.25) is 0 Å². The van der Waals surface area contributed by atoms with Gasteiger partial charge in [-0.1, -0.05) is 0 Å². The molecule has 0 aliphatic rings. The van der Waals surface area contributed by atoms with Crippen molar-refractivity contribution in [2.45, 2.75) is 38.1 Å². The summed E-state index contributed by atoms with van der Waals surface area (Å²) < 4.78 is 32.1. The normalized spacial score (nSPS) is 13.3. The van der Waals surface area contributed by atoms with Gasteiger partial charge < -0.3 is 9.84 Å². The first-order chi connectivity index (χ1) is 8.90. The highest BCUT2D eigenvalue weighted by atomic mass is 32.2. The number of ether oxygens (including phenoxy) is 1. The van der Waals surface area contributed by atoms with Gasteiger partial charge in [0.2, 0.25) is 10.0 Å². The Morgan fingerprint density at radius 3 is 2.63 bits per heavy atom. The molecule has 0 radical (unpaired) electrons. The van der Waals surface area contributed by atoms with E-state index in [0.29, 0.717) is 18.8 Å². The molecule has 0 heterocycles. The lowest BCUT2D eigenvalue weighted by atomic mass is 10.2. The van der Waals surface area contributed by atoms with E-state index >= 15 is 0 Å². The number of nitrogens with one attached hydrogen (secondary N) is 1. The maximum Gasteiger partial charge on any atom is 0.240 e. The maximum absolute atomic E-state index is 12.1. The molecule has 0 aromatic heterocycles. The van der Waals surface area contributed by atoms with Gasteiger partial charge in [0.05, 0.1) is 11.5 Å². The summed E-state index contributed by atoms with van der Waals surface area (Å²) >= 11 is 0. The maximum atomic E-state index is 12.1. The molecule has 0 spiro atoms. The van der Waals surface area contributed by atoms with Crippen LogP contribution in [0.25, 0.3) is 0 Å². The van der Waals surface area contributed by atoms with Crippen LogP contribution in [0.5, 0.6) is 5.75 Å². The topological polar surface area (TPSA) is 75.6 Å². The average Bonchev–Trinajstić information content (AvgIpc) is 2.31. The van der Waals surface area contributed by atoms with Crippen molar-refractivity contribution in [1.82, 2.24) is 4.72 Å². The van der Waals surface area contributed by atoms with E-state index in [0.717, 1.165) is 5.56 Å². The number of hydrogen-bond donors (Lipinski definition) is 2. The summed E-state index contributed by atoms with van der Waals surface area (Å²) in [5.74, 6) is 0.685. The molecule has 6 heteroatoms. The molecule has 0 amide bonds. The van der Waals surface area contributed by atoms with Crippen molar-refractivity contribution in [2.24, 2.45) is 0 Å². The monoisotopic (exact) mass is 287 g/mol. The molecule has 1 rings (SSSR count). The lowest BCUT2D eigenvalue weighted by Gasteiger charge is -2.14. The van der Waals surface area contributed by atoms with Gasteiger partial charge in [0, 0.05) is 12.6 Å². The first kappa shape index (κ1) is 15.9. The fourth-order valence-electron chi connectivity index (χ4n) is 1.69. The van der Waals surface area contributed by atoms with Gasteiger partial charge in [-0.15, -0.1) is 0 Å². The predicted molar refractivity (Wildman–Crippen MR) is 73.8 cm³/mol. The van der Waals surface area contributed by atoms with Crippen molar-refractivity contribution in [3.8, 4) is 5.75 Å². The summed E-state index contributed by atoms with van der Waals surface area (Å²) in [6, 6.07) is 4.46. The zero-order chi connectivity index (χ0) is 14.5. The Balaban J connectivity index is 2.93. The highest BCUT2D eigenvalue weighted by Crippen LogP contribution is 2.21. The van der Waals surface area contributed by atoms with Crippen LogP contribution in [0.2, 0.25) is 0 Å². The van der Waals surface area contributed by atoms with Crippen LogP contribution < -0.4 is 9.46 Å². The van der Waals surface area contributed by atoms with Crippen molar-refractivity contribution in [3.05, 3.63) is 23.8 Å². The Hall–Kier alpha value is -1.11. The van der Waals surface area contributed by atoms with Crippen LogP contribution in [-0.4, -0.2) is 32.8 Å². The number of benzene rings is 1. The minimum atomic E-state index is -3.55. The van der Waals surface area contributed by atoms with Gasteiger partial charge in [-0.2, -0.15) is 0 Å². The zero-order valence-corrected chi connectivity index (χ0v) is 12.3. The Kier molecular flexibility index (Phi) is 5.78. The molecule has 0 aliphatic heterocycles. The van der Waals surface area contributed by atoms with Crippen LogP contribution in [0.3, 0.4) is 0 Å².